The van der Waals surface area contributed by atoms with Crippen molar-refractivity contribution in [2.75, 3.05) is 7.11 Å². The summed E-state index contributed by atoms with van der Waals surface area (Å²) in [5, 5.41) is 0. The smallest absolute Gasteiger partial charge is 0.203 e. The van der Waals surface area contributed by atoms with Crippen molar-refractivity contribution < 1.29 is 9.53 Å². The van der Waals surface area contributed by atoms with Gasteiger partial charge in [0.15, 0.2) is 0 Å². The lowest BCUT2D eigenvalue weighted by atomic mass is 10.1. The molecule has 0 atom stereocenters. The van der Waals surface area contributed by atoms with Gasteiger partial charge in [0, 0.05) is 5.56 Å². The molecule has 0 aliphatic rings. The highest BCUT2D eigenvalue weighted by Gasteiger charge is 2.14. The first-order chi connectivity index (χ1) is 8.52. The first-order valence-electron chi connectivity index (χ1n) is 5.48. The van der Waals surface area contributed by atoms with Gasteiger partial charge in [-0.2, -0.15) is 0 Å². The lowest BCUT2D eigenvalue weighted by Gasteiger charge is -2.05. The zero-order valence-corrected chi connectivity index (χ0v) is 12.8. The lowest BCUT2D eigenvalue weighted by molar-refractivity contribution is 0.104. The van der Waals surface area contributed by atoms with Crippen molar-refractivity contribution in [3.05, 3.63) is 49.6 Å². The highest BCUT2D eigenvalue weighted by Crippen LogP contribution is 2.29. The monoisotopic (exact) mass is 324 g/mol. The number of hydrogen-bond acceptors (Lipinski definition) is 3. The zero-order chi connectivity index (χ0) is 13.3. The quantitative estimate of drug-likeness (QED) is 0.784. The number of ketones is 1. The Bertz CT molecular complexity index is 582. The fourth-order valence-corrected chi connectivity index (χ4v) is 3.23. The van der Waals surface area contributed by atoms with E-state index in [-0.39, 0.29) is 5.78 Å². The Morgan fingerprint density at radius 1 is 1.22 bits per heavy atom. The van der Waals surface area contributed by atoms with Gasteiger partial charge in [-0.05, 0) is 65.2 Å². The van der Waals surface area contributed by atoms with Gasteiger partial charge in [0.1, 0.15) is 5.75 Å². The number of thiophene rings is 1. The molecule has 0 radical (unpaired) electrons. The molecule has 0 amide bonds. The molecular formula is C14H13BrO2S. The zero-order valence-electron chi connectivity index (χ0n) is 10.4. The van der Waals surface area contributed by atoms with Crippen LogP contribution in [-0.2, 0) is 0 Å². The summed E-state index contributed by atoms with van der Waals surface area (Å²) in [5.74, 6) is 0.856. The third kappa shape index (κ3) is 2.49. The third-order valence-electron chi connectivity index (χ3n) is 2.74. The molecule has 1 aromatic carbocycles. The van der Waals surface area contributed by atoms with Gasteiger partial charge in [0.05, 0.1) is 15.8 Å². The SMILES string of the molecule is COc1ccc(C(=O)c2cc(C)c(Br)s2)cc1C. The molecule has 1 aromatic heterocycles. The summed E-state index contributed by atoms with van der Waals surface area (Å²) in [7, 11) is 1.63. The molecule has 0 aliphatic carbocycles. The van der Waals surface area contributed by atoms with E-state index < -0.39 is 0 Å². The molecular weight excluding hydrogens is 312 g/mol. The summed E-state index contributed by atoms with van der Waals surface area (Å²) >= 11 is 4.91. The number of methoxy groups -OCH3 is 1. The van der Waals surface area contributed by atoms with E-state index in [0.29, 0.717) is 5.56 Å². The van der Waals surface area contributed by atoms with Crippen LogP contribution < -0.4 is 4.74 Å². The third-order valence-corrected chi connectivity index (χ3v) is 4.87. The Morgan fingerprint density at radius 3 is 2.44 bits per heavy atom. The molecule has 0 bridgehead atoms. The van der Waals surface area contributed by atoms with Gasteiger partial charge >= 0.3 is 0 Å². The molecule has 1 heterocycles. The van der Waals surface area contributed by atoms with Crippen LogP contribution in [0.1, 0.15) is 26.4 Å². The molecule has 2 rings (SSSR count). The predicted molar refractivity (Wildman–Crippen MR) is 77.9 cm³/mol. The number of benzene rings is 1. The van der Waals surface area contributed by atoms with Gasteiger partial charge in [-0.15, -0.1) is 11.3 Å². The summed E-state index contributed by atoms with van der Waals surface area (Å²) in [6.45, 7) is 3.92. The standard InChI is InChI=1S/C14H13BrO2S/c1-8-6-10(4-5-11(8)17-3)13(16)12-7-9(2)14(15)18-12/h4-7H,1-3H3. The maximum Gasteiger partial charge on any atom is 0.203 e. The fourth-order valence-electron chi connectivity index (χ4n) is 1.73. The van der Waals surface area contributed by atoms with Gasteiger partial charge in [-0.25, -0.2) is 0 Å². The van der Waals surface area contributed by atoms with Crippen LogP contribution in [0.3, 0.4) is 0 Å². The second-order valence-electron chi connectivity index (χ2n) is 4.08. The molecule has 18 heavy (non-hydrogen) atoms. The Balaban J connectivity index is 2.37. The number of aryl methyl sites for hydroxylation is 2. The first kappa shape index (κ1) is 13.3. The molecule has 0 unspecified atom stereocenters. The number of carbonyl (C=O) groups excluding carboxylic acids is 1. The van der Waals surface area contributed by atoms with Crippen LogP contribution in [0.2, 0.25) is 0 Å². The van der Waals surface area contributed by atoms with Crippen LogP contribution in [0.5, 0.6) is 5.75 Å². The molecule has 4 heteroatoms. The molecule has 2 nitrogen and oxygen atoms in total. The minimum atomic E-state index is 0.0551. The maximum absolute atomic E-state index is 12.3. The fraction of sp³-hybridized carbons (Fsp3) is 0.214. The average Bonchev–Trinajstić information content (AvgIpc) is 2.68. The van der Waals surface area contributed by atoms with Crippen molar-refractivity contribution in [2.24, 2.45) is 0 Å². The molecule has 0 aliphatic heterocycles. The van der Waals surface area contributed by atoms with Crippen LogP contribution in [0.15, 0.2) is 28.1 Å². The van der Waals surface area contributed by atoms with Gasteiger partial charge in [0.2, 0.25) is 5.78 Å². The average molecular weight is 325 g/mol. The van der Waals surface area contributed by atoms with Crippen LogP contribution >= 0.6 is 27.3 Å². The number of hydrogen-bond donors (Lipinski definition) is 0. The highest BCUT2D eigenvalue weighted by atomic mass is 79.9. The number of rotatable bonds is 3. The van der Waals surface area contributed by atoms with Gasteiger partial charge in [-0.1, -0.05) is 0 Å². The Kier molecular flexibility index (Phi) is 3.88. The summed E-state index contributed by atoms with van der Waals surface area (Å²) in [6, 6.07) is 7.41. The van der Waals surface area contributed by atoms with Crippen molar-refractivity contribution in [3.63, 3.8) is 0 Å². The van der Waals surface area contributed by atoms with E-state index >= 15 is 0 Å². The van der Waals surface area contributed by atoms with E-state index in [0.717, 1.165) is 25.5 Å². The van der Waals surface area contributed by atoms with Crippen molar-refractivity contribution in [1.29, 1.82) is 0 Å². The molecule has 94 valence electrons. The minimum Gasteiger partial charge on any atom is -0.496 e. The molecule has 0 fully saturated rings. The van der Waals surface area contributed by atoms with E-state index in [9.17, 15) is 4.79 Å². The molecule has 2 aromatic rings. The second-order valence-corrected chi connectivity index (χ2v) is 6.45. The first-order valence-corrected chi connectivity index (χ1v) is 7.09. The molecule has 0 saturated carbocycles. The van der Waals surface area contributed by atoms with Crippen molar-refractivity contribution in [2.45, 2.75) is 13.8 Å². The second kappa shape index (κ2) is 5.24. The normalized spacial score (nSPS) is 10.4. The van der Waals surface area contributed by atoms with Crippen molar-refractivity contribution in [1.82, 2.24) is 0 Å². The summed E-state index contributed by atoms with van der Waals surface area (Å²) in [5.41, 5.74) is 2.76. The van der Waals surface area contributed by atoms with E-state index in [2.05, 4.69) is 15.9 Å². The Hall–Kier alpha value is -1.13. The highest BCUT2D eigenvalue weighted by molar-refractivity contribution is 9.11. The Labute approximate surface area is 119 Å². The van der Waals surface area contributed by atoms with E-state index in [1.807, 2.05) is 32.0 Å². The summed E-state index contributed by atoms with van der Waals surface area (Å²) < 4.78 is 6.20. The predicted octanol–water partition coefficient (Wildman–Crippen LogP) is 4.37. The maximum atomic E-state index is 12.3. The van der Waals surface area contributed by atoms with E-state index in [4.69, 9.17) is 4.74 Å². The van der Waals surface area contributed by atoms with Crippen molar-refractivity contribution in [3.8, 4) is 5.75 Å². The number of ether oxygens (including phenoxy) is 1. The summed E-state index contributed by atoms with van der Waals surface area (Å²) in [4.78, 5) is 13.1. The molecule has 0 N–H and O–H groups in total. The lowest BCUT2D eigenvalue weighted by Crippen LogP contribution is -1.99. The minimum absolute atomic E-state index is 0.0551. The van der Waals surface area contributed by atoms with Gasteiger partial charge in [0.25, 0.3) is 0 Å². The molecule has 0 saturated heterocycles. The number of halogens is 1. The van der Waals surface area contributed by atoms with E-state index in [1.165, 1.54) is 11.3 Å². The molecule has 0 spiro atoms. The Morgan fingerprint density at radius 2 is 1.94 bits per heavy atom. The van der Waals surface area contributed by atoms with Crippen LogP contribution in [0.4, 0.5) is 0 Å². The van der Waals surface area contributed by atoms with E-state index in [1.54, 1.807) is 13.2 Å². The summed E-state index contributed by atoms with van der Waals surface area (Å²) in [6.07, 6.45) is 0. The van der Waals surface area contributed by atoms with Crippen LogP contribution in [0.25, 0.3) is 0 Å². The van der Waals surface area contributed by atoms with Gasteiger partial charge < -0.3 is 4.74 Å². The van der Waals surface area contributed by atoms with Crippen LogP contribution in [0, 0.1) is 13.8 Å². The van der Waals surface area contributed by atoms with Gasteiger partial charge in [-0.3, -0.25) is 4.79 Å². The van der Waals surface area contributed by atoms with Crippen molar-refractivity contribution >= 4 is 33.0 Å². The number of carbonyl (C=O) groups is 1. The largest absolute Gasteiger partial charge is 0.496 e. The van der Waals surface area contributed by atoms with Crippen LogP contribution in [-0.4, -0.2) is 12.9 Å². The topological polar surface area (TPSA) is 26.3 Å².